The van der Waals surface area contributed by atoms with Crippen molar-refractivity contribution in [2.45, 2.75) is 188 Å². The van der Waals surface area contributed by atoms with Gasteiger partial charge in [0.25, 0.3) is 0 Å². The van der Waals surface area contributed by atoms with Gasteiger partial charge < -0.3 is 0 Å². The smallest absolute Gasteiger partial charge is 0.0654 e. The predicted molar refractivity (Wildman–Crippen MR) is 231 cm³/mol. The molecule has 7 nitrogen and oxygen atoms in total. The van der Waals surface area contributed by atoms with Gasteiger partial charge in [0, 0.05) is 0 Å². The summed E-state index contributed by atoms with van der Waals surface area (Å²) in [5, 5.41) is 0. The van der Waals surface area contributed by atoms with Crippen molar-refractivity contribution in [2.75, 3.05) is 5.73 Å². The molecule has 2 N–H and O–H groups in total. The van der Waals surface area contributed by atoms with Crippen LogP contribution in [0.15, 0.2) is 87.5 Å². The van der Waals surface area contributed by atoms with Crippen molar-refractivity contribution in [1.29, 1.82) is 0 Å². The Morgan fingerprint density at radius 3 is 1.32 bits per heavy atom. The fraction of sp³-hybridized carbons (Fsp3) is 0.600. The van der Waals surface area contributed by atoms with E-state index in [9.17, 15) is 0 Å². The number of benzene rings is 3. The Morgan fingerprint density at radius 1 is 0.464 bits per heavy atom. The fourth-order valence-corrected chi connectivity index (χ4v) is 51.0. The molecule has 0 fully saturated rings. The third-order valence-electron chi connectivity index (χ3n) is 11.1. The number of rotatable bonds is 29. The van der Waals surface area contributed by atoms with Crippen molar-refractivity contribution in [2.24, 2.45) is 0 Å². The van der Waals surface area contributed by atoms with Crippen LogP contribution >= 0.6 is 0 Å². The molecule has 1 unspecified atom stereocenters. The SMILES string of the molecule is CCCCCCCCCCCCc1ccccc1[S](=O)(=O)[Ti]([CH](C)C)([S](=O)(=O)c1ccccc1)[S](=O)(=O)c1ccc(N)cc1CCCCCCCCCCCC. The molecule has 0 amide bonds. The molecule has 0 aliphatic rings. The Morgan fingerprint density at radius 2 is 0.857 bits per heavy atom. The van der Waals surface area contributed by atoms with Crippen molar-refractivity contribution in [3.8, 4) is 0 Å². The van der Waals surface area contributed by atoms with Gasteiger partial charge in [0.2, 0.25) is 0 Å². The van der Waals surface area contributed by atoms with Gasteiger partial charge >= 0.3 is 304 Å². The molecule has 0 radical (unpaired) electrons. The van der Waals surface area contributed by atoms with Crippen molar-refractivity contribution in [3.05, 3.63) is 83.9 Å². The summed E-state index contributed by atoms with van der Waals surface area (Å²) in [5.74, 6) is 0. The third-order valence-corrected chi connectivity index (χ3v) is 54.2. The summed E-state index contributed by atoms with van der Waals surface area (Å²) in [6.07, 6.45) is 23.1. The Labute approximate surface area is 341 Å². The van der Waals surface area contributed by atoms with E-state index in [-0.39, 0.29) is 14.7 Å². The molecule has 3 aromatic carbocycles. The maximum atomic E-state index is 15.6. The van der Waals surface area contributed by atoms with Crippen LogP contribution < -0.4 is 5.73 Å². The summed E-state index contributed by atoms with van der Waals surface area (Å²) in [5.41, 5.74) is 7.44. The molecule has 0 bridgehead atoms. The summed E-state index contributed by atoms with van der Waals surface area (Å²) < 4.78 is 91.5. The van der Waals surface area contributed by atoms with Gasteiger partial charge in [-0.05, 0) is 0 Å². The zero-order valence-corrected chi connectivity index (χ0v) is 38.8. The molecule has 314 valence electrons. The minimum absolute atomic E-state index is 0.167. The number of aryl methyl sites for hydroxylation is 2. The van der Waals surface area contributed by atoms with Crippen molar-refractivity contribution >= 4 is 28.0 Å². The van der Waals surface area contributed by atoms with Crippen LogP contribution in [0.25, 0.3) is 0 Å². The number of nitrogen functional groups attached to an aromatic ring is 1. The van der Waals surface area contributed by atoms with Crippen LogP contribution in [0.3, 0.4) is 0 Å². The molecule has 11 heteroatoms. The van der Waals surface area contributed by atoms with E-state index in [0.717, 1.165) is 44.9 Å². The van der Waals surface area contributed by atoms with E-state index in [1.54, 1.807) is 30.3 Å². The van der Waals surface area contributed by atoms with E-state index in [4.69, 9.17) is 5.73 Å². The molecule has 0 heterocycles. The van der Waals surface area contributed by atoms with Gasteiger partial charge in [-0.1, -0.05) is 39.5 Å². The quantitative estimate of drug-likeness (QED) is 0.0418. The molecule has 1 atom stereocenters. The number of unbranched alkanes of at least 4 members (excludes halogenated alkanes) is 18. The summed E-state index contributed by atoms with van der Waals surface area (Å²) >= 11 is -6.47. The van der Waals surface area contributed by atoms with Crippen LogP contribution in [0.1, 0.15) is 167 Å². The zero-order chi connectivity index (χ0) is 41.1. The summed E-state index contributed by atoms with van der Waals surface area (Å²) in [7, 11) is -14.9. The topological polar surface area (TPSA) is 128 Å². The molecular formula is C45H71NO6S3Ti. The van der Waals surface area contributed by atoms with Gasteiger partial charge in [0.15, 0.2) is 0 Å². The van der Waals surface area contributed by atoms with Crippen molar-refractivity contribution in [3.63, 3.8) is 0 Å². The fourth-order valence-electron chi connectivity index (χ4n) is 8.07. The minimum atomic E-state index is -6.47. The van der Waals surface area contributed by atoms with Crippen LogP contribution in [-0.4, -0.2) is 25.3 Å². The van der Waals surface area contributed by atoms with Gasteiger partial charge in [-0.2, -0.15) is 0 Å². The van der Waals surface area contributed by atoms with Crippen LogP contribution in [0.2, 0.25) is 4.22 Å². The molecule has 56 heavy (non-hydrogen) atoms. The number of hydrogen-bond acceptors (Lipinski definition) is 7. The van der Waals surface area contributed by atoms with Crippen molar-refractivity contribution < 1.29 is 37.9 Å². The summed E-state index contributed by atoms with van der Waals surface area (Å²) in [4.78, 5) is -0.661. The van der Waals surface area contributed by atoms with E-state index < -0.39 is 39.2 Å². The average molecular weight is 866 g/mol. The number of hydrogen-bond donors (Lipinski definition) is 1. The first-order valence-corrected chi connectivity index (χ1v) is 32.6. The van der Waals surface area contributed by atoms with Crippen LogP contribution in [0.5, 0.6) is 0 Å². The van der Waals surface area contributed by atoms with Crippen molar-refractivity contribution in [1.82, 2.24) is 0 Å². The Hall–Kier alpha value is -1.98. The second-order valence-electron chi connectivity index (χ2n) is 15.9. The van der Waals surface area contributed by atoms with E-state index in [1.165, 1.54) is 133 Å². The normalized spacial score (nSPS) is 13.6. The van der Waals surface area contributed by atoms with Crippen LogP contribution in [0.4, 0.5) is 5.69 Å². The standard InChI is InChI=1S/C18H30NO2S.C18H29O2S.C6H5O2S.C3H7.Ti/c1-2-3-4-5-6-7-8-9-10-11-12-16-15-17(19)13-14-18(16)22(20)21;1-2-3-4-5-6-7-8-9-10-11-14-17-15-12-13-16-18(17)21(19)20;7-9(8)6-4-2-1-3-5-6;1-3-2;/h13-15H,2-12,19H2,1H3;12-13,15-16H,2-11,14H2,1H3;1-5H;3H,1-2H3;. The summed E-state index contributed by atoms with van der Waals surface area (Å²) in [6, 6.07) is 18.2. The first-order chi connectivity index (χ1) is 26.8. The van der Waals surface area contributed by atoms with E-state index in [2.05, 4.69) is 13.8 Å². The van der Waals surface area contributed by atoms with Gasteiger partial charge in [-0.25, -0.2) is 0 Å². The molecular weight excluding hydrogens is 795 g/mol. The van der Waals surface area contributed by atoms with Crippen LogP contribution in [-0.2, 0) is 47.8 Å². The first kappa shape index (κ1) is 48.4. The number of anilines is 1. The average Bonchev–Trinajstić information content (AvgIpc) is 3.16. The zero-order valence-electron chi connectivity index (χ0n) is 34.8. The van der Waals surface area contributed by atoms with Crippen LogP contribution in [0, 0.1) is 0 Å². The van der Waals surface area contributed by atoms with Gasteiger partial charge in [-0.15, -0.1) is 0 Å². The monoisotopic (exact) mass is 865 g/mol. The molecule has 0 saturated carbocycles. The van der Waals surface area contributed by atoms with Gasteiger partial charge in [0.05, 0.1) is 0 Å². The Balaban J connectivity index is 2.02. The maximum absolute atomic E-state index is 15.6. The Bertz CT molecular complexity index is 1930. The second-order valence-corrected chi connectivity index (χ2v) is 42.7. The molecule has 0 aromatic heterocycles. The Kier molecular flexibility index (Phi) is 20.9. The molecule has 0 aliphatic heterocycles. The van der Waals surface area contributed by atoms with Gasteiger partial charge in [0.1, 0.15) is 0 Å². The minimum Gasteiger partial charge on any atom is -0.0654 e. The molecule has 3 rings (SSSR count). The molecule has 0 spiro atoms. The molecule has 0 aliphatic carbocycles. The predicted octanol–water partition coefficient (Wildman–Crippen LogP) is 12.6. The summed E-state index contributed by atoms with van der Waals surface area (Å²) in [6.45, 7) is 7.37. The first-order valence-electron chi connectivity index (χ1n) is 21.6. The second kappa shape index (κ2) is 24.2. The molecule has 3 aromatic rings. The van der Waals surface area contributed by atoms with Gasteiger partial charge in [-0.3, -0.25) is 0 Å². The van der Waals surface area contributed by atoms with E-state index in [1.807, 2.05) is 0 Å². The molecule has 0 saturated heterocycles. The third kappa shape index (κ3) is 12.3. The van der Waals surface area contributed by atoms with E-state index in [0.29, 0.717) is 36.1 Å². The number of nitrogens with two attached hydrogens (primary N) is 1. The van der Waals surface area contributed by atoms with E-state index >= 15 is 25.3 Å².